The Morgan fingerprint density at radius 1 is 1.00 bits per heavy atom. The molecule has 8 heteroatoms. The highest BCUT2D eigenvalue weighted by Crippen LogP contribution is 2.10. The van der Waals surface area contributed by atoms with Crippen molar-refractivity contribution >= 4 is 17.8 Å². The first-order valence-electron chi connectivity index (χ1n) is 10.1. The minimum Gasteiger partial charge on any atom is -0.445 e. The van der Waals surface area contributed by atoms with Crippen LogP contribution in [0.25, 0.3) is 0 Å². The minimum absolute atomic E-state index is 0.0503. The van der Waals surface area contributed by atoms with Gasteiger partial charge in [0, 0.05) is 7.11 Å². The second-order valence-electron chi connectivity index (χ2n) is 8.07. The van der Waals surface area contributed by atoms with Crippen molar-refractivity contribution in [2.24, 2.45) is 11.8 Å². The number of Topliss-reactive ketones (excluding diaryl/α,β-unsaturated/α-hetero) is 1. The topological polar surface area (TPSA) is 93.7 Å². The van der Waals surface area contributed by atoms with Gasteiger partial charge in [0.15, 0.2) is 5.78 Å². The van der Waals surface area contributed by atoms with Crippen LogP contribution in [0, 0.1) is 17.7 Å². The number of hydrogen-bond donors (Lipinski definition) is 2. The number of ketones is 1. The Labute approximate surface area is 177 Å². The van der Waals surface area contributed by atoms with Crippen LogP contribution in [0.15, 0.2) is 24.3 Å². The fourth-order valence-corrected chi connectivity index (χ4v) is 2.81. The van der Waals surface area contributed by atoms with Crippen molar-refractivity contribution in [3.8, 4) is 0 Å². The molecule has 2 amide bonds. The second-order valence-corrected chi connectivity index (χ2v) is 8.07. The molecule has 0 aliphatic heterocycles. The molecule has 0 heterocycles. The molecule has 0 fully saturated rings. The highest BCUT2D eigenvalue weighted by atomic mass is 19.1. The Hall–Kier alpha value is -2.48. The first-order chi connectivity index (χ1) is 14.1. The highest BCUT2D eigenvalue weighted by molar-refractivity contribution is 5.91. The molecule has 168 valence electrons. The molecule has 0 unspecified atom stereocenters. The number of carbonyl (C=O) groups is 3. The van der Waals surface area contributed by atoms with Gasteiger partial charge in [0.1, 0.15) is 24.6 Å². The third-order valence-electron chi connectivity index (χ3n) is 4.36. The first-order valence-corrected chi connectivity index (χ1v) is 10.1. The maximum Gasteiger partial charge on any atom is 0.408 e. The Balaban J connectivity index is 2.59. The van der Waals surface area contributed by atoms with Crippen molar-refractivity contribution in [2.75, 3.05) is 13.7 Å². The van der Waals surface area contributed by atoms with Gasteiger partial charge in [-0.2, -0.15) is 0 Å². The number of rotatable bonds is 12. The third-order valence-corrected chi connectivity index (χ3v) is 4.36. The van der Waals surface area contributed by atoms with Crippen molar-refractivity contribution in [3.63, 3.8) is 0 Å². The summed E-state index contributed by atoms with van der Waals surface area (Å²) in [6, 6.07) is 4.72. The summed E-state index contributed by atoms with van der Waals surface area (Å²) in [5.74, 6) is -0.658. The summed E-state index contributed by atoms with van der Waals surface area (Å²) >= 11 is 0. The van der Waals surface area contributed by atoms with Crippen molar-refractivity contribution in [3.05, 3.63) is 35.6 Å². The van der Waals surface area contributed by atoms with Gasteiger partial charge >= 0.3 is 6.09 Å². The number of hydrogen-bond acceptors (Lipinski definition) is 5. The van der Waals surface area contributed by atoms with Crippen LogP contribution < -0.4 is 10.6 Å². The lowest BCUT2D eigenvalue weighted by Gasteiger charge is -2.21. The van der Waals surface area contributed by atoms with Crippen molar-refractivity contribution < 1.29 is 28.2 Å². The monoisotopic (exact) mass is 424 g/mol. The van der Waals surface area contributed by atoms with Crippen molar-refractivity contribution in [1.29, 1.82) is 0 Å². The molecule has 1 rings (SSSR count). The van der Waals surface area contributed by atoms with Crippen LogP contribution in [0.2, 0.25) is 0 Å². The Kier molecular flexibility index (Phi) is 11.0. The van der Waals surface area contributed by atoms with Crippen molar-refractivity contribution in [2.45, 2.75) is 59.3 Å². The van der Waals surface area contributed by atoms with E-state index in [1.165, 1.54) is 31.4 Å². The Morgan fingerprint density at radius 3 is 2.13 bits per heavy atom. The fraction of sp³-hybridized carbons (Fsp3) is 0.591. The van der Waals surface area contributed by atoms with E-state index in [0.717, 1.165) is 0 Å². The van der Waals surface area contributed by atoms with Gasteiger partial charge in [-0.1, -0.05) is 39.8 Å². The number of alkyl carbamates (subject to hydrolysis) is 1. The molecule has 0 aliphatic carbocycles. The maximum absolute atomic E-state index is 12.9. The van der Waals surface area contributed by atoms with E-state index in [2.05, 4.69) is 10.6 Å². The highest BCUT2D eigenvalue weighted by Gasteiger charge is 2.25. The van der Waals surface area contributed by atoms with Crippen molar-refractivity contribution in [1.82, 2.24) is 10.6 Å². The van der Waals surface area contributed by atoms with E-state index in [-0.39, 0.29) is 36.6 Å². The summed E-state index contributed by atoms with van der Waals surface area (Å²) in [6.45, 7) is 7.58. The van der Waals surface area contributed by atoms with Crippen LogP contribution in [0.5, 0.6) is 0 Å². The predicted molar refractivity (Wildman–Crippen MR) is 111 cm³/mol. The standard InChI is InChI=1S/C22H33FN2O5/c1-14(2)10-18(21(27)24-12-19(26)20(29-5)11-15(3)4)25-22(28)30-13-16-6-8-17(23)9-7-16/h6-9,14-15,18,20H,10-13H2,1-5H3,(H,24,27)(H,25,28)/t18-,20-/m0/s1. The fourth-order valence-electron chi connectivity index (χ4n) is 2.81. The van der Waals surface area contributed by atoms with Gasteiger partial charge < -0.3 is 20.1 Å². The Bertz CT molecular complexity index is 691. The lowest BCUT2D eigenvalue weighted by Crippen LogP contribution is -2.49. The lowest BCUT2D eigenvalue weighted by molar-refractivity contribution is -0.132. The average Bonchev–Trinajstić information content (AvgIpc) is 2.68. The normalized spacial score (nSPS) is 13.1. The summed E-state index contributed by atoms with van der Waals surface area (Å²) in [5.41, 5.74) is 0.623. The SMILES string of the molecule is CO[C@@H](CC(C)C)C(=O)CNC(=O)[C@H](CC(C)C)NC(=O)OCc1ccc(F)cc1. The second kappa shape index (κ2) is 13.0. The van der Waals surface area contributed by atoms with Crippen LogP contribution in [-0.2, 0) is 25.7 Å². The molecule has 2 atom stereocenters. The average molecular weight is 425 g/mol. The molecule has 0 aromatic heterocycles. The van der Waals surface area contributed by atoms with E-state index in [4.69, 9.17) is 9.47 Å². The molecule has 0 spiro atoms. The number of halogens is 1. The quantitative estimate of drug-likeness (QED) is 0.537. The number of carbonyl (C=O) groups excluding carboxylic acids is 3. The molecule has 0 aliphatic rings. The minimum atomic E-state index is -0.843. The van der Waals surface area contributed by atoms with Gasteiger partial charge in [-0.3, -0.25) is 9.59 Å². The number of nitrogens with one attached hydrogen (secondary N) is 2. The zero-order chi connectivity index (χ0) is 22.7. The van der Waals surface area contributed by atoms with Gasteiger partial charge in [-0.25, -0.2) is 9.18 Å². The molecular formula is C22H33FN2O5. The zero-order valence-corrected chi connectivity index (χ0v) is 18.4. The molecule has 1 aromatic rings. The largest absolute Gasteiger partial charge is 0.445 e. The number of benzene rings is 1. The molecule has 0 saturated heterocycles. The van der Waals surface area contributed by atoms with E-state index >= 15 is 0 Å². The molecule has 2 N–H and O–H groups in total. The van der Waals surface area contributed by atoms with Crippen LogP contribution in [0.4, 0.5) is 9.18 Å². The van der Waals surface area contributed by atoms with Gasteiger partial charge in [0.2, 0.25) is 5.91 Å². The summed E-state index contributed by atoms with van der Waals surface area (Å²) in [6.07, 6.45) is -0.400. The van der Waals surface area contributed by atoms with Gasteiger partial charge in [-0.05, 0) is 42.4 Å². The summed E-state index contributed by atoms with van der Waals surface area (Å²) in [7, 11) is 1.47. The predicted octanol–water partition coefficient (Wildman–Crippen LogP) is 3.21. The number of amides is 2. The molecule has 7 nitrogen and oxygen atoms in total. The molecular weight excluding hydrogens is 391 g/mol. The lowest BCUT2D eigenvalue weighted by atomic mass is 10.0. The van der Waals surface area contributed by atoms with Crippen LogP contribution in [0.1, 0.15) is 46.1 Å². The molecule has 0 bridgehead atoms. The van der Waals surface area contributed by atoms with E-state index < -0.39 is 24.1 Å². The number of ether oxygens (including phenoxy) is 2. The zero-order valence-electron chi connectivity index (χ0n) is 18.4. The molecule has 0 saturated carbocycles. The van der Waals surface area contributed by atoms with Gasteiger partial charge in [-0.15, -0.1) is 0 Å². The van der Waals surface area contributed by atoms with E-state index in [0.29, 0.717) is 18.4 Å². The third kappa shape index (κ3) is 9.82. The van der Waals surface area contributed by atoms with E-state index in [9.17, 15) is 18.8 Å². The molecule has 1 aromatic carbocycles. The van der Waals surface area contributed by atoms with Crippen LogP contribution in [0.3, 0.4) is 0 Å². The summed E-state index contributed by atoms with van der Waals surface area (Å²) in [4.78, 5) is 37.0. The van der Waals surface area contributed by atoms with Crippen LogP contribution >= 0.6 is 0 Å². The molecule has 30 heavy (non-hydrogen) atoms. The molecule has 0 radical (unpaired) electrons. The van der Waals surface area contributed by atoms with E-state index in [1.54, 1.807) is 0 Å². The van der Waals surface area contributed by atoms with E-state index in [1.807, 2.05) is 27.7 Å². The Morgan fingerprint density at radius 2 is 1.60 bits per heavy atom. The maximum atomic E-state index is 12.9. The summed E-state index contributed by atoms with van der Waals surface area (Å²) < 4.78 is 23.3. The van der Waals surface area contributed by atoms with Gasteiger partial charge in [0.05, 0.1) is 6.54 Å². The van der Waals surface area contributed by atoms with Gasteiger partial charge in [0.25, 0.3) is 0 Å². The first kappa shape index (κ1) is 25.6. The number of methoxy groups -OCH3 is 1. The van der Waals surface area contributed by atoms with Crippen LogP contribution in [-0.4, -0.2) is 43.6 Å². The summed E-state index contributed by atoms with van der Waals surface area (Å²) in [5, 5.41) is 5.12. The smallest absolute Gasteiger partial charge is 0.408 e.